The van der Waals surface area contributed by atoms with Gasteiger partial charge in [-0.05, 0) is 24.6 Å². The van der Waals surface area contributed by atoms with Gasteiger partial charge in [-0.2, -0.15) is 0 Å². The van der Waals surface area contributed by atoms with Crippen molar-refractivity contribution < 1.29 is 14.3 Å². The largest absolute Gasteiger partial charge is 0.494 e. The molecule has 1 aromatic rings. The van der Waals surface area contributed by atoms with E-state index in [0.29, 0.717) is 19.8 Å². The quantitative estimate of drug-likeness (QED) is 0.785. The topological polar surface area (TPSA) is 47.6 Å². The predicted molar refractivity (Wildman–Crippen MR) is 63.8 cm³/mol. The SMILES string of the molecule is CCOc1ccc(CNC2CCOC2=O)cc1. The van der Waals surface area contributed by atoms with E-state index in [4.69, 9.17) is 9.47 Å². The van der Waals surface area contributed by atoms with Gasteiger partial charge < -0.3 is 14.8 Å². The summed E-state index contributed by atoms with van der Waals surface area (Å²) in [7, 11) is 0. The average molecular weight is 235 g/mol. The van der Waals surface area contributed by atoms with Crippen LogP contribution in [0.5, 0.6) is 5.75 Å². The Hall–Kier alpha value is -1.55. The summed E-state index contributed by atoms with van der Waals surface area (Å²) in [5.74, 6) is 0.729. The van der Waals surface area contributed by atoms with E-state index in [1.807, 2.05) is 31.2 Å². The van der Waals surface area contributed by atoms with E-state index in [1.165, 1.54) is 0 Å². The number of hydrogen-bond acceptors (Lipinski definition) is 4. The van der Waals surface area contributed by atoms with Crippen LogP contribution in [0.15, 0.2) is 24.3 Å². The number of rotatable bonds is 5. The Kier molecular flexibility index (Phi) is 3.98. The van der Waals surface area contributed by atoms with Crippen LogP contribution >= 0.6 is 0 Å². The summed E-state index contributed by atoms with van der Waals surface area (Å²) in [6.07, 6.45) is 0.760. The first-order chi connectivity index (χ1) is 8.29. The standard InChI is InChI=1S/C13H17NO3/c1-2-16-11-5-3-10(4-6-11)9-14-12-7-8-17-13(12)15/h3-6,12,14H,2,7-9H2,1H3. The zero-order chi connectivity index (χ0) is 12.1. The van der Waals surface area contributed by atoms with Crippen molar-refractivity contribution in [1.82, 2.24) is 5.32 Å². The lowest BCUT2D eigenvalue weighted by Crippen LogP contribution is -2.32. The third kappa shape index (κ3) is 3.20. The van der Waals surface area contributed by atoms with E-state index in [0.717, 1.165) is 17.7 Å². The number of nitrogens with one attached hydrogen (secondary N) is 1. The zero-order valence-corrected chi connectivity index (χ0v) is 9.94. The van der Waals surface area contributed by atoms with Gasteiger partial charge >= 0.3 is 5.97 Å². The Balaban J connectivity index is 1.84. The van der Waals surface area contributed by atoms with Gasteiger partial charge in [-0.15, -0.1) is 0 Å². The molecule has 17 heavy (non-hydrogen) atoms. The van der Waals surface area contributed by atoms with Crippen molar-refractivity contribution in [2.75, 3.05) is 13.2 Å². The minimum Gasteiger partial charge on any atom is -0.494 e. The average Bonchev–Trinajstić information content (AvgIpc) is 2.75. The van der Waals surface area contributed by atoms with Crippen molar-refractivity contribution in [1.29, 1.82) is 0 Å². The monoisotopic (exact) mass is 235 g/mol. The second-order valence-corrected chi connectivity index (χ2v) is 3.97. The van der Waals surface area contributed by atoms with Crippen LogP contribution in [0.1, 0.15) is 18.9 Å². The summed E-state index contributed by atoms with van der Waals surface area (Å²) in [5.41, 5.74) is 1.13. The Morgan fingerprint density at radius 3 is 2.76 bits per heavy atom. The molecule has 0 aliphatic carbocycles. The zero-order valence-electron chi connectivity index (χ0n) is 9.94. The molecule has 2 rings (SSSR count). The van der Waals surface area contributed by atoms with Gasteiger partial charge in [0.25, 0.3) is 0 Å². The lowest BCUT2D eigenvalue weighted by molar-refractivity contribution is -0.139. The van der Waals surface area contributed by atoms with Gasteiger partial charge in [0.2, 0.25) is 0 Å². The molecule has 1 N–H and O–H groups in total. The molecule has 1 saturated heterocycles. The first kappa shape index (κ1) is 11.9. The Labute approximate surface area is 101 Å². The number of cyclic esters (lactones) is 1. The van der Waals surface area contributed by atoms with Crippen molar-refractivity contribution in [3.05, 3.63) is 29.8 Å². The summed E-state index contributed by atoms with van der Waals surface area (Å²) < 4.78 is 10.2. The summed E-state index contributed by atoms with van der Waals surface area (Å²) in [5, 5.41) is 3.18. The van der Waals surface area contributed by atoms with Crippen LogP contribution in [0.2, 0.25) is 0 Å². The molecule has 1 aliphatic rings. The van der Waals surface area contributed by atoms with E-state index in [2.05, 4.69) is 5.32 Å². The fraction of sp³-hybridized carbons (Fsp3) is 0.462. The van der Waals surface area contributed by atoms with Crippen LogP contribution in [0, 0.1) is 0 Å². The van der Waals surface area contributed by atoms with Gasteiger partial charge in [-0.25, -0.2) is 0 Å². The van der Waals surface area contributed by atoms with Crippen molar-refractivity contribution in [3.8, 4) is 5.75 Å². The van der Waals surface area contributed by atoms with Gasteiger partial charge in [0.1, 0.15) is 11.8 Å². The Morgan fingerprint density at radius 2 is 2.18 bits per heavy atom. The maximum Gasteiger partial charge on any atom is 0.323 e. The van der Waals surface area contributed by atoms with Gasteiger partial charge in [0.05, 0.1) is 13.2 Å². The second-order valence-electron chi connectivity index (χ2n) is 3.97. The van der Waals surface area contributed by atoms with Crippen LogP contribution in [-0.2, 0) is 16.1 Å². The Morgan fingerprint density at radius 1 is 1.41 bits per heavy atom. The molecule has 92 valence electrons. The molecule has 1 heterocycles. The molecule has 4 heteroatoms. The van der Waals surface area contributed by atoms with Crippen LogP contribution in [0.25, 0.3) is 0 Å². The second kappa shape index (κ2) is 5.68. The highest BCUT2D eigenvalue weighted by Gasteiger charge is 2.25. The molecule has 1 aromatic carbocycles. The normalized spacial score (nSPS) is 19.1. The molecule has 4 nitrogen and oxygen atoms in total. The molecular formula is C13H17NO3. The number of ether oxygens (including phenoxy) is 2. The first-order valence-corrected chi connectivity index (χ1v) is 5.91. The van der Waals surface area contributed by atoms with Crippen LogP contribution in [0.3, 0.4) is 0 Å². The molecule has 0 spiro atoms. The van der Waals surface area contributed by atoms with E-state index in [9.17, 15) is 4.79 Å². The van der Waals surface area contributed by atoms with Gasteiger partial charge in [0, 0.05) is 13.0 Å². The van der Waals surface area contributed by atoms with Gasteiger partial charge in [-0.3, -0.25) is 4.79 Å². The lowest BCUT2D eigenvalue weighted by atomic mass is 10.2. The number of benzene rings is 1. The smallest absolute Gasteiger partial charge is 0.323 e. The van der Waals surface area contributed by atoms with Crippen LogP contribution < -0.4 is 10.1 Å². The van der Waals surface area contributed by atoms with Crippen LogP contribution in [-0.4, -0.2) is 25.2 Å². The van der Waals surface area contributed by atoms with Crippen molar-refractivity contribution >= 4 is 5.97 Å². The number of carbonyl (C=O) groups is 1. The van der Waals surface area contributed by atoms with Gasteiger partial charge in [-0.1, -0.05) is 12.1 Å². The molecule has 1 aliphatic heterocycles. The molecule has 1 atom stereocenters. The van der Waals surface area contributed by atoms with E-state index < -0.39 is 0 Å². The summed E-state index contributed by atoms with van der Waals surface area (Å²) in [6, 6.07) is 7.72. The molecule has 0 saturated carbocycles. The van der Waals surface area contributed by atoms with Crippen LogP contribution in [0.4, 0.5) is 0 Å². The van der Waals surface area contributed by atoms with Crippen molar-refractivity contribution in [2.45, 2.75) is 25.9 Å². The molecule has 1 unspecified atom stereocenters. The fourth-order valence-corrected chi connectivity index (χ4v) is 1.79. The lowest BCUT2D eigenvalue weighted by Gasteiger charge is -2.09. The van der Waals surface area contributed by atoms with Crippen molar-refractivity contribution in [2.24, 2.45) is 0 Å². The molecule has 0 radical (unpaired) electrons. The van der Waals surface area contributed by atoms with E-state index >= 15 is 0 Å². The summed E-state index contributed by atoms with van der Waals surface area (Å²) in [4.78, 5) is 11.2. The summed E-state index contributed by atoms with van der Waals surface area (Å²) in [6.45, 7) is 3.83. The third-order valence-electron chi connectivity index (χ3n) is 2.72. The first-order valence-electron chi connectivity index (χ1n) is 5.91. The molecule has 0 bridgehead atoms. The van der Waals surface area contributed by atoms with E-state index in [1.54, 1.807) is 0 Å². The number of esters is 1. The Bertz CT molecular complexity index is 375. The molecule has 0 amide bonds. The summed E-state index contributed by atoms with van der Waals surface area (Å²) >= 11 is 0. The van der Waals surface area contributed by atoms with E-state index in [-0.39, 0.29) is 12.0 Å². The molecular weight excluding hydrogens is 218 g/mol. The maximum absolute atomic E-state index is 11.2. The molecule has 0 aromatic heterocycles. The fourth-order valence-electron chi connectivity index (χ4n) is 1.79. The highest BCUT2D eigenvalue weighted by Crippen LogP contribution is 2.13. The van der Waals surface area contributed by atoms with Crippen molar-refractivity contribution in [3.63, 3.8) is 0 Å². The minimum absolute atomic E-state index is 0.143. The molecule has 1 fully saturated rings. The van der Waals surface area contributed by atoms with Gasteiger partial charge in [0.15, 0.2) is 0 Å². The highest BCUT2D eigenvalue weighted by molar-refractivity contribution is 5.77. The predicted octanol–water partition coefficient (Wildman–Crippen LogP) is 1.49. The maximum atomic E-state index is 11.2. The third-order valence-corrected chi connectivity index (χ3v) is 2.72. The minimum atomic E-state index is -0.151. The number of hydrogen-bond donors (Lipinski definition) is 1. The number of carbonyl (C=O) groups excluding carboxylic acids is 1. The highest BCUT2D eigenvalue weighted by atomic mass is 16.5.